The van der Waals surface area contributed by atoms with Gasteiger partial charge >= 0.3 is 0 Å². The Bertz CT molecular complexity index is 601. The van der Waals surface area contributed by atoms with Gasteiger partial charge in [0.1, 0.15) is 0 Å². The first kappa shape index (κ1) is 16.4. The summed E-state index contributed by atoms with van der Waals surface area (Å²) in [6, 6.07) is 5.46. The van der Waals surface area contributed by atoms with Crippen molar-refractivity contribution in [3.63, 3.8) is 0 Å². The van der Waals surface area contributed by atoms with Gasteiger partial charge in [0.2, 0.25) is 10.0 Å². The Morgan fingerprint density at radius 1 is 1.33 bits per heavy atom. The smallest absolute Gasteiger partial charge is 0.243 e. The first-order valence-corrected chi connectivity index (χ1v) is 8.88. The van der Waals surface area contributed by atoms with Gasteiger partial charge in [-0.2, -0.15) is 4.31 Å². The van der Waals surface area contributed by atoms with Crippen LogP contribution in [0, 0.1) is 6.92 Å². The molecule has 118 valence electrons. The zero-order valence-electron chi connectivity index (χ0n) is 13.0. The van der Waals surface area contributed by atoms with Gasteiger partial charge in [0.05, 0.1) is 4.90 Å². The molecule has 1 unspecified atom stereocenters. The molecule has 1 aromatic carbocycles. The quantitative estimate of drug-likeness (QED) is 0.906. The first-order chi connectivity index (χ1) is 9.90. The van der Waals surface area contributed by atoms with Gasteiger partial charge in [-0.05, 0) is 43.7 Å². The van der Waals surface area contributed by atoms with Crippen LogP contribution >= 0.6 is 0 Å². The highest BCUT2D eigenvalue weighted by molar-refractivity contribution is 7.89. The normalized spacial score (nSPS) is 21.6. The second kappa shape index (κ2) is 6.44. The molecule has 1 aromatic rings. The van der Waals surface area contributed by atoms with Crippen molar-refractivity contribution in [3.8, 4) is 0 Å². The monoisotopic (exact) mass is 311 g/mol. The molecule has 0 aliphatic carbocycles. The highest BCUT2D eigenvalue weighted by Crippen LogP contribution is 2.22. The van der Waals surface area contributed by atoms with Gasteiger partial charge in [0.15, 0.2) is 0 Å². The second-order valence-electron chi connectivity index (χ2n) is 5.63. The van der Waals surface area contributed by atoms with E-state index in [0.717, 1.165) is 24.2 Å². The third-order valence-electron chi connectivity index (χ3n) is 4.31. The zero-order chi connectivity index (χ0) is 15.6. The van der Waals surface area contributed by atoms with Gasteiger partial charge < -0.3 is 5.73 Å². The molecule has 6 heteroatoms. The molecular formula is C15H25N3O2S. The molecular weight excluding hydrogens is 286 g/mol. The Hall–Kier alpha value is -0.950. The topological polar surface area (TPSA) is 66.6 Å². The highest BCUT2D eigenvalue weighted by atomic mass is 32.2. The van der Waals surface area contributed by atoms with Crippen LogP contribution in [0.25, 0.3) is 0 Å². The Balaban J connectivity index is 2.24. The van der Waals surface area contributed by atoms with Gasteiger partial charge in [0, 0.05) is 32.2 Å². The summed E-state index contributed by atoms with van der Waals surface area (Å²) in [5, 5.41) is 0. The SMILES string of the molecule is CCN1CCN(S(=O)(=O)c2ccc(CN)c(C)c2)CC1C. The zero-order valence-corrected chi connectivity index (χ0v) is 13.9. The number of hydrogen-bond acceptors (Lipinski definition) is 4. The number of piperazine rings is 1. The lowest BCUT2D eigenvalue weighted by Gasteiger charge is -2.38. The average Bonchev–Trinajstić information content (AvgIpc) is 2.47. The summed E-state index contributed by atoms with van der Waals surface area (Å²) < 4.78 is 27.1. The number of benzene rings is 1. The maximum absolute atomic E-state index is 12.8. The Kier molecular flexibility index (Phi) is 5.03. The number of rotatable bonds is 4. The minimum absolute atomic E-state index is 0.253. The van der Waals surface area contributed by atoms with Crippen molar-refractivity contribution >= 4 is 10.0 Å². The van der Waals surface area contributed by atoms with Crippen LogP contribution in [-0.4, -0.2) is 49.8 Å². The molecule has 0 bridgehead atoms. The Morgan fingerprint density at radius 2 is 2.05 bits per heavy atom. The Labute approximate surface area is 127 Å². The van der Waals surface area contributed by atoms with Crippen molar-refractivity contribution < 1.29 is 8.42 Å². The molecule has 0 radical (unpaired) electrons. The number of aryl methyl sites for hydroxylation is 1. The average molecular weight is 311 g/mol. The molecule has 21 heavy (non-hydrogen) atoms. The molecule has 1 saturated heterocycles. The summed E-state index contributed by atoms with van der Waals surface area (Å²) in [6.07, 6.45) is 0. The number of nitrogens with zero attached hydrogens (tertiary/aromatic N) is 2. The van der Waals surface area contributed by atoms with Crippen LogP contribution in [0.5, 0.6) is 0 Å². The summed E-state index contributed by atoms with van der Waals surface area (Å²) in [5.41, 5.74) is 7.55. The van der Waals surface area contributed by atoms with E-state index in [1.165, 1.54) is 0 Å². The molecule has 1 atom stereocenters. The third kappa shape index (κ3) is 3.29. The van der Waals surface area contributed by atoms with Gasteiger partial charge in [0.25, 0.3) is 0 Å². The molecule has 2 rings (SSSR count). The van der Waals surface area contributed by atoms with Crippen molar-refractivity contribution in [2.24, 2.45) is 5.73 Å². The second-order valence-corrected chi connectivity index (χ2v) is 7.57. The van der Waals surface area contributed by atoms with Gasteiger partial charge in [-0.3, -0.25) is 4.90 Å². The van der Waals surface area contributed by atoms with Gasteiger partial charge in [-0.15, -0.1) is 0 Å². The molecule has 0 amide bonds. The molecule has 0 saturated carbocycles. The minimum atomic E-state index is -3.41. The summed E-state index contributed by atoms with van der Waals surface area (Å²) in [4.78, 5) is 2.67. The van der Waals surface area contributed by atoms with E-state index in [4.69, 9.17) is 5.73 Å². The molecule has 5 nitrogen and oxygen atoms in total. The van der Waals surface area contributed by atoms with Crippen molar-refractivity contribution in [3.05, 3.63) is 29.3 Å². The Morgan fingerprint density at radius 3 is 2.57 bits per heavy atom. The lowest BCUT2D eigenvalue weighted by atomic mass is 10.1. The fourth-order valence-electron chi connectivity index (χ4n) is 2.86. The highest BCUT2D eigenvalue weighted by Gasteiger charge is 2.31. The summed E-state index contributed by atoms with van der Waals surface area (Å²) in [6.45, 7) is 9.36. The third-order valence-corrected chi connectivity index (χ3v) is 6.17. The maximum Gasteiger partial charge on any atom is 0.243 e. The lowest BCUT2D eigenvalue weighted by molar-refractivity contribution is 0.135. The largest absolute Gasteiger partial charge is 0.326 e. The number of likely N-dealkylation sites (N-methyl/N-ethyl adjacent to an activating group) is 1. The van der Waals surface area contributed by atoms with Crippen LogP contribution in [0.3, 0.4) is 0 Å². The van der Waals surface area contributed by atoms with Crippen molar-refractivity contribution in [2.75, 3.05) is 26.2 Å². The standard InChI is InChI=1S/C15H25N3O2S/c1-4-17-7-8-18(11-13(17)3)21(19,20)15-6-5-14(10-16)12(2)9-15/h5-6,9,13H,4,7-8,10-11,16H2,1-3H3. The summed E-state index contributed by atoms with van der Waals surface area (Å²) in [5.74, 6) is 0. The number of hydrogen-bond donors (Lipinski definition) is 1. The molecule has 2 N–H and O–H groups in total. The van der Waals surface area contributed by atoms with E-state index in [1.54, 1.807) is 16.4 Å². The van der Waals surface area contributed by atoms with Crippen LogP contribution in [0.2, 0.25) is 0 Å². The first-order valence-electron chi connectivity index (χ1n) is 7.44. The molecule has 1 aliphatic heterocycles. The van der Waals surface area contributed by atoms with Crippen LogP contribution in [0.4, 0.5) is 0 Å². The molecule has 1 heterocycles. The maximum atomic E-state index is 12.8. The van der Waals surface area contributed by atoms with E-state index in [0.29, 0.717) is 24.5 Å². The van der Waals surface area contributed by atoms with Crippen LogP contribution in [-0.2, 0) is 16.6 Å². The number of sulfonamides is 1. The number of nitrogens with two attached hydrogens (primary N) is 1. The van der Waals surface area contributed by atoms with Crippen LogP contribution in [0.1, 0.15) is 25.0 Å². The van der Waals surface area contributed by atoms with Crippen molar-refractivity contribution in [1.29, 1.82) is 0 Å². The molecule has 1 fully saturated rings. The van der Waals surface area contributed by atoms with E-state index >= 15 is 0 Å². The summed E-state index contributed by atoms with van der Waals surface area (Å²) >= 11 is 0. The van der Waals surface area contributed by atoms with E-state index in [9.17, 15) is 8.42 Å². The molecule has 0 aromatic heterocycles. The van der Waals surface area contributed by atoms with Crippen molar-refractivity contribution in [2.45, 2.75) is 38.3 Å². The van der Waals surface area contributed by atoms with Crippen LogP contribution in [0.15, 0.2) is 23.1 Å². The van der Waals surface area contributed by atoms with E-state index in [2.05, 4.69) is 18.7 Å². The lowest BCUT2D eigenvalue weighted by Crippen LogP contribution is -2.53. The van der Waals surface area contributed by atoms with E-state index in [1.807, 2.05) is 13.0 Å². The van der Waals surface area contributed by atoms with Crippen molar-refractivity contribution in [1.82, 2.24) is 9.21 Å². The fraction of sp³-hybridized carbons (Fsp3) is 0.600. The van der Waals surface area contributed by atoms with Gasteiger partial charge in [-0.1, -0.05) is 13.0 Å². The molecule has 0 spiro atoms. The van der Waals surface area contributed by atoms with Gasteiger partial charge in [-0.25, -0.2) is 8.42 Å². The van der Waals surface area contributed by atoms with E-state index < -0.39 is 10.0 Å². The minimum Gasteiger partial charge on any atom is -0.326 e. The fourth-order valence-corrected chi connectivity index (χ4v) is 4.45. The predicted molar refractivity (Wildman–Crippen MR) is 84.5 cm³/mol. The van der Waals surface area contributed by atoms with E-state index in [-0.39, 0.29) is 6.04 Å². The molecule has 1 aliphatic rings. The summed E-state index contributed by atoms with van der Waals surface area (Å²) in [7, 11) is -3.41. The predicted octanol–water partition coefficient (Wildman–Crippen LogP) is 1.17. The van der Waals surface area contributed by atoms with Crippen LogP contribution < -0.4 is 5.73 Å².